The summed E-state index contributed by atoms with van der Waals surface area (Å²) < 4.78 is 22.4. The molecule has 1 aromatic rings. The molecule has 0 aliphatic heterocycles. The van der Waals surface area contributed by atoms with Crippen LogP contribution < -0.4 is 15.8 Å². The smallest absolute Gasteiger partial charge is 0.239 e. The zero-order valence-electron chi connectivity index (χ0n) is 11.0. The Morgan fingerprint density at radius 3 is 2.70 bits per heavy atom. The van der Waals surface area contributed by atoms with Crippen LogP contribution in [-0.2, 0) is 14.8 Å². The van der Waals surface area contributed by atoms with Crippen molar-refractivity contribution in [3.05, 3.63) is 23.8 Å². The molecule has 0 saturated heterocycles. The van der Waals surface area contributed by atoms with E-state index in [-0.39, 0.29) is 22.9 Å². The maximum atomic E-state index is 11.4. The summed E-state index contributed by atoms with van der Waals surface area (Å²) in [5.41, 5.74) is 0.492. The summed E-state index contributed by atoms with van der Waals surface area (Å²) >= 11 is 0. The Labute approximate surface area is 117 Å². The number of carbonyl (C=O) groups excluding carboxylic acids is 1. The molecule has 0 heterocycles. The molecule has 0 spiro atoms. The van der Waals surface area contributed by atoms with Gasteiger partial charge in [0, 0.05) is 6.54 Å². The molecule has 0 aromatic heterocycles. The Morgan fingerprint density at radius 2 is 2.15 bits per heavy atom. The number of nitriles is 1. The summed E-state index contributed by atoms with van der Waals surface area (Å²) in [6.45, 7) is 2.52. The Bertz CT molecular complexity index is 635. The number of hydrogen-bond donors (Lipinski definition) is 3. The van der Waals surface area contributed by atoms with E-state index in [1.807, 2.05) is 13.0 Å². The second-order valence-electron chi connectivity index (χ2n) is 4.07. The van der Waals surface area contributed by atoms with E-state index in [9.17, 15) is 13.2 Å². The third kappa shape index (κ3) is 4.53. The van der Waals surface area contributed by atoms with Gasteiger partial charge in [-0.25, -0.2) is 13.6 Å². The van der Waals surface area contributed by atoms with E-state index in [0.717, 1.165) is 6.42 Å². The number of nitrogens with two attached hydrogens (primary N) is 1. The number of anilines is 1. The predicted octanol–water partition coefficient (Wildman–Crippen LogP) is 0.144. The fraction of sp³-hybridized carbons (Fsp3) is 0.333. The molecule has 7 nitrogen and oxygen atoms in total. The number of nitrogens with zero attached hydrogens (tertiary/aromatic N) is 1. The van der Waals surface area contributed by atoms with Crippen LogP contribution in [0, 0.1) is 11.3 Å². The van der Waals surface area contributed by atoms with Gasteiger partial charge in [0.2, 0.25) is 15.9 Å². The lowest BCUT2D eigenvalue weighted by Crippen LogP contribution is -2.30. The summed E-state index contributed by atoms with van der Waals surface area (Å²) in [4.78, 5) is 11.3. The first-order valence-electron chi connectivity index (χ1n) is 5.96. The minimum absolute atomic E-state index is 0.00337. The molecule has 0 atom stereocenters. The third-order valence-corrected chi connectivity index (χ3v) is 3.36. The number of amides is 1. The number of sulfonamides is 1. The van der Waals surface area contributed by atoms with E-state index in [0.29, 0.717) is 12.2 Å². The summed E-state index contributed by atoms with van der Waals surface area (Å²) in [7, 11) is -3.85. The average molecular weight is 296 g/mol. The molecule has 0 fully saturated rings. The maximum Gasteiger partial charge on any atom is 0.239 e. The van der Waals surface area contributed by atoms with Crippen molar-refractivity contribution < 1.29 is 13.2 Å². The Kier molecular flexibility index (Phi) is 5.49. The van der Waals surface area contributed by atoms with Crippen LogP contribution in [0.15, 0.2) is 23.1 Å². The van der Waals surface area contributed by atoms with Crippen LogP contribution in [0.1, 0.15) is 18.9 Å². The van der Waals surface area contributed by atoms with Crippen LogP contribution in [0.25, 0.3) is 0 Å². The zero-order valence-corrected chi connectivity index (χ0v) is 11.8. The van der Waals surface area contributed by atoms with Crippen LogP contribution in [0.3, 0.4) is 0 Å². The summed E-state index contributed by atoms with van der Waals surface area (Å²) in [5.74, 6) is -0.203. The largest absolute Gasteiger partial charge is 0.375 e. The molecular formula is C12H16N4O3S. The van der Waals surface area contributed by atoms with Gasteiger partial charge in [0.05, 0.1) is 22.7 Å². The summed E-state index contributed by atoms with van der Waals surface area (Å²) in [6, 6.07) is 5.72. The molecule has 108 valence electrons. The standard InChI is InChI=1S/C12H16N4O3S/c1-2-5-15-12(17)8-16-11-4-3-10(20(14,18)19)6-9(11)7-13/h3-4,6,16H,2,5,8H2,1H3,(H,15,17)(H2,14,18,19). The number of hydrogen-bond acceptors (Lipinski definition) is 5. The average Bonchev–Trinajstić information content (AvgIpc) is 2.41. The minimum atomic E-state index is -3.85. The van der Waals surface area contributed by atoms with Crippen molar-refractivity contribution in [2.45, 2.75) is 18.2 Å². The highest BCUT2D eigenvalue weighted by Gasteiger charge is 2.11. The van der Waals surface area contributed by atoms with Gasteiger partial charge in [0.15, 0.2) is 0 Å². The van der Waals surface area contributed by atoms with Crippen molar-refractivity contribution in [3.63, 3.8) is 0 Å². The van der Waals surface area contributed by atoms with Gasteiger partial charge in [-0.2, -0.15) is 5.26 Å². The molecule has 0 bridgehead atoms. The van der Waals surface area contributed by atoms with Gasteiger partial charge in [0.25, 0.3) is 0 Å². The maximum absolute atomic E-state index is 11.4. The van der Waals surface area contributed by atoms with Crippen molar-refractivity contribution in [1.29, 1.82) is 5.26 Å². The van der Waals surface area contributed by atoms with Crippen molar-refractivity contribution in [1.82, 2.24) is 5.32 Å². The number of carbonyl (C=O) groups is 1. The van der Waals surface area contributed by atoms with Crippen LogP contribution >= 0.6 is 0 Å². The fourth-order valence-corrected chi connectivity index (χ4v) is 1.99. The molecule has 4 N–H and O–H groups in total. The quantitative estimate of drug-likeness (QED) is 0.688. The van der Waals surface area contributed by atoms with E-state index < -0.39 is 10.0 Å². The minimum Gasteiger partial charge on any atom is -0.375 e. The van der Waals surface area contributed by atoms with Crippen molar-refractivity contribution in [2.75, 3.05) is 18.4 Å². The van der Waals surface area contributed by atoms with Crippen molar-refractivity contribution >= 4 is 21.6 Å². The van der Waals surface area contributed by atoms with Gasteiger partial charge in [-0.05, 0) is 24.6 Å². The molecule has 0 aliphatic carbocycles. The molecule has 1 rings (SSSR count). The van der Waals surface area contributed by atoms with E-state index in [2.05, 4.69) is 10.6 Å². The van der Waals surface area contributed by atoms with E-state index in [1.54, 1.807) is 0 Å². The second kappa shape index (κ2) is 6.88. The Morgan fingerprint density at radius 1 is 1.45 bits per heavy atom. The lowest BCUT2D eigenvalue weighted by Gasteiger charge is -2.09. The van der Waals surface area contributed by atoms with Crippen LogP contribution in [-0.4, -0.2) is 27.4 Å². The highest BCUT2D eigenvalue weighted by atomic mass is 32.2. The lowest BCUT2D eigenvalue weighted by atomic mass is 10.2. The van der Waals surface area contributed by atoms with Gasteiger partial charge >= 0.3 is 0 Å². The normalized spacial score (nSPS) is 10.7. The SMILES string of the molecule is CCCNC(=O)CNc1ccc(S(N)(=O)=O)cc1C#N. The van der Waals surface area contributed by atoms with E-state index >= 15 is 0 Å². The molecule has 0 unspecified atom stereocenters. The summed E-state index contributed by atoms with van der Waals surface area (Å²) in [5, 5.41) is 19.4. The number of rotatable bonds is 6. The number of benzene rings is 1. The Balaban J connectivity index is 2.82. The molecular weight excluding hydrogens is 280 g/mol. The van der Waals surface area contributed by atoms with E-state index in [1.165, 1.54) is 18.2 Å². The first kappa shape index (κ1) is 15.9. The lowest BCUT2D eigenvalue weighted by molar-refractivity contribution is -0.119. The van der Waals surface area contributed by atoms with Crippen LogP contribution in [0.5, 0.6) is 0 Å². The fourth-order valence-electron chi connectivity index (χ4n) is 1.45. The van der Waals surface area contributed by atoms with Crippen molar-refractivity contribution in [3.8, 4) is 6.07 Å². The molecule has 20 heavy (non-hydrogen) atoms. The number of nitrogens with one attached hydrogen (secondary N) is 2. The predicted molar refractivity (Wildman–Crippen MR) is 74.3 cm³/mol. The van der Waals surface area contributed by atoms with Gasteiger partial charge in [0.1, 0.15) is 6.07 Å². The van der Waals surface area contributed by atoms with Gasteiger partial charge in [-0.1, -0.05) is 6.92 Å². The van der Waals surface area contributed by atoms with E-state index in [4.69, 9.17) is 10.4 Å². The third-order valence-electron chi connectivity index (χ3n) is 2.45. The van der Waals surface area contributed by atoms with Crippen LogP contribution in [0.2, 0.25) is 0 Å². The highest BCUT2D eigenvalue weighted by molar-refractivity contribution is 7.89. The molecule has 0 aliphatic rings. The molecule has 8 heteroatoms. The first-order valence-corrected chi connectivity index (χ1v) is 7.50. The molecule has 1 aromatic carbocycles. The van der Waals surface area contributed by atoms with Gasteiger partial charge < -0.3 is 10.6 Å². The molecule has 0 radical (unpaired) electrons. The monoisotopic (exact) mass is 296 g/mol. The van der Waals surface area contributed by atoms with Crippen molar-refractivity contribution in [2.24, 2.45) is 5.14 Å². The second-order valence-corrected chi connectivity index (χ2v) is 5.63. The first-order chi connectivity index (χ1) is 9.38. The van der Waals surface area contributed by atoms with Gasteiger partial charge in [-0.3, -0.25) is 4.79 Å². The highest BCUT2D eigenvalue weighted by Crippen LogP contribution is 2.18. The Hall–Kier alpha value is -2.11. The topological polar surface area (TPSA) is 125 Å². The molecule has 0 saturated carbocycles. The molecule has 1 amide bonds. The zero-order chi connectivity index (χ0) is 15.2. The van der Waals surface area contributed by atoms with Gasteiger partial charge in [-0.15, -0.1) is 0 Å². The summed E-state index contributed by atoms with van der Waals surface area (Å²) in [6.07, 6.45) is 0.832. The van der Waals surface area contributed by atoms with Crippen LogP contribution in [0.4, 0.5) is 5.69 Å². The number of primary sulfonamides is 1.